The third kappa shape index (κ3) is 2.16. The molecule has 0 aromatic heterocycles. The molecule has 1 aliphatic rings. The average molecular weight is 213 g/mol. The van der Waals surface area contributed by atoms with Gasteiger partial charge in [-0.05, 0) is 6.42 Å². The number of ether oxygens (including phenoxy) is 1. The predicted molar refractivity (Wildman–Crippen MR) is 51.5 cm³/mol. The number of imide groups is 1. The topological polar surface area (TPSA) is 63.7 Å². The maximum Gasteiger partial charge on any atom is 0.304 e. The number of amides is 2. The molecule has 2 atom stereocenters. The number of carbonyl (C=O) groups is 3. The van der Waals surface area contributed by atoms with Crippen molar-refractivity contribution in [3.05, 3.63) is 0 Å². The highest BCUT2D eigenvalue weighted by Gasteiger charge is 2.51. The van der Waals surface area contributed by atoms with E-state index in [4.69, 9.17) is 4.74 Å². The molecule has 5 nitrogen and oxygen atoms in total. The smallest absolute Gasteiger partial charge is 0.304 e. The molecule has 0 radical (unpaired) electrons. The van der Waals surface area contributed by atoms with E-state index in [-0.39, 0.29) is 17.7 Å². The van der Waals surface area contributed by atoms with Gasteiger partial charge in [0.15, 0.2) is 6.23 Å². The van der Waals surface area contributed by atoms with E-state index in [0.29, 0.717) is 6.42 Å². The summed E-state index contributed by atoms with van der Waals surface area (Å²) < 4.78 is 4.94. The predicted octanol–water partition coefficient (Wildman–Crippen LogP) is 0.681. The first-order chi connectivity index (χ1) is 6.99. The van der Waals surface area contributed by atoms with Crippen LogP contribution in [-0.2, 0) is 19.1 Å². The number of esters is 1. The van der Waals surface area contributed by atoms with E-state index in [1.165, 1.54) is 13.8 Å². The summed E-state index contributed by atoms with van der Waals surface area (Å²) in [5.74, 6) is -1.43. The zero-order valence-corrected chi connectivity index (χ0v) is 9.15. The van der Waals surface area contributed by atoms with E-state index in [0.717, 1.165) is 11.3 Å². The van der Waals surface area contributed by atoms with Gasteiger partial charge in [0, 0.05) is 13.8 Å². The zero-order chi connectivity index (χ0) is 11.6. The molecule has 1 fully saturated rings. The van der Waals surface area contributed by atoms with E-state index < -0.39 is 12.2 Å². The fraction of sp³-hybridized carbons (Fsp3) is 0.700. The SMILES string of the molecule is CCCC1C(=O)N(C(C)=O)C1OC(C)=O. The maximum absolute atomic E-state index is 11.5. The van der Waals surface area contributed by atoms with Gasteiger partial charge in [-0.1, -0.05) is 13.3 Å². The Hall–Kier alpha value is -1.39. The normalized spacial score (nSPS) is 24.7. The van der Waals surface area contributed by atoms with Gasteiger partial charge < -0.3 is 4.74 Å². The lowest BCUT2D eigenvalue weighted by atomic mass is 9.91. The summed E-state index contributed by atoms with van der Waals surface area (Å²) in [6.45, 7) is 4.50. The summed E-state index contributed by atoms with van der Waals surface area (Å²) in [5.41, 5.74) is 0. The minimum atomic E-state index is -0.688. The maximum atomic E-state index is 11.5. The lowest BCUT2D eigenvalue weighted by Crippen LogP contribution is -2.63. The summed E-state index contributed by atoms with van der Waals surface area (Å²) in [5, 5.41) is 0. The average Bonchev–Trinajstić information content (AvgIpc) is 2.12. The van der Waals surface area contributed by atoms with Crippen LogP contribution in [0.1, 0.15) is 33.6 Å². The van der Waals surface area contributed by atoms with Crippen LogP contribution in [0.3, 0.4) is 0 Å². The van der Waals surface area contributed by atoms with Crippen LogP contribution in [0, 0.1) is 5.92 Å². The van der Waals surface area contributed by atoms with E-state index in [1.54, 1.807) is 0 Å². The highest BCUT2D eigenvalue weighted by Crippen LogP contribution is 2.31. The van der Waals surface area contributed by atoms with E-state index in [2.05, 4.69) is 0 Å². The number of carbonyl (C=O) groups excluding carboxylic acids is 3. The van der Waals surface area contributed by atoms with Crippen molar-refractivity contribution in [2.45, 2.75) is 39.8 Å². The molecular formula is C10H15NO4. The summed E-state index contributed by atoms with van der Waals surface area (Å²) in [7, 11) is 0. The third-order valence-electron chi connectivity index (χ3n) is 2.38. The van der Waals surface area contributed by atoms with Gasteiger partial charge in [0.1, 0.15) is 0 Å². The molecule has 1 aliphatic heterocycles. The van der Waals surface area contributed by atoms with Crippen LogP contribution < -0.4 is 0 Å². The molecular weight excluding hydrogens is 198 g/mol. The largest absolute Gasteiger partial charge is 0.440 e. The number of rotatable bonds is 3. The van der Waals surface area contributed by atoms with Crippen LogP contribution in [0.25, 0.3) is 0 Å². The van der Waals surface area contributed by atoms with Crippen molar-refractivity contribution >= 4 is 17.8 Å². The number of hydrogen-bond donors (Lipinski definition) is 0. The van der Waals surface area contributed by atoms with Crippen LogP contribution in [0.5, 0.6) is 0 Å². The molecule has 1 saturated heterocycles. The molecule has 2 unspecified atom stereocenters. The van der Waals surface area contributed by atoms with Crippen molar-refractivity contribution < 1.29 is 19.1 Å². The van der Waals surface area contributed by atoms with Crippen LogP contribution >= 0.6 is 0 Å². The Balaban J connectivity index is 2.71. The Morgan fingerprint density at radius 3 is 2.40 bits per heavy atom. The summed E-state index contributed by atoms with van der Waals surface area (Å²) in [6, 6.07) is 0. The Morgan fingerprint density at radius 2 is 2.00 bits per heavy atom. The van der Waals surface area contributed by atoms with Gasteiger partial charge in [0.25, 0.3) is 0 Å². The first-order valence-corrected chi connectivity index (χ1v) is 4.99. The molecule has 2 amide bonds. The Kier molecular flexibility index (Phi) is 3.44. The van der Waals surface area contributed by atoms with Gasteiger partial charge in [0.2, 0.25) is 11.8 Å². The quantitative estimate of drug-likeness (QED) is 0.511. The summed E-state index contributed by atoms with van der Waals surface area (Å²) >= 11 is 0. The molecule has 0 aliphatic carbocycles. The van der Waals surface area contributed by atoms with Gasteiger partial charge >= 0.3 is 5.97 Å². The minimum Gasteiger partial charge on any atom is -0.440 e. The lowest BCUT2D eigenvalue weighted by Gasteiger charge is -2.43. The number of β-lactam (4-membered cyclic amide) rings is 1. The fourth-order valence-electron chi connectivity index (χ4n) is 1.74. The van der Waals surface area contributed by atoms with Crippen LogP contribution in [0.2, 0.25) is 0 Å². The summed E-state index contributed by atoms with van der Waals surface area (Å²) in [4.78, 5) is 34.4. The third-order valence-corrected chi connectivity index (χ3v) is 2.38. The lowest BCUT2D eigenvalue weighted by molar-refractivity contribution is -0.199. The van der Waals surface area contributed by atoms with Gasteiger partial charge in [-0.15, -0.1) is 0 Å². The molecule has 1 heterocycles. The van der Waals surface area contributed by atoms with Crippen molar-refractivity contribution in [2.24, 2.45) is 5.92 Å². The van der Waals surface area contributed by atoms with Gasteiger partial charge in [0.05, 0.1) is 5.92 Å². The van der Waals surface area contributed by atoms with E-state index >= 15 is 0 Å². The molecule has 84 valence electrons. The molecule has 0 N–H and O–H groups in total. The molecule has 1 rings (SSSR count). The molecule has 0 bridgehead atoms. The Bertz CT molecular complexity index is 300. The second-order valence-corrected chi connectivity index (χ2v) is 3.62. The van der Waals surface area contributed by atoms with Crippen molar-refractivity contribution in [1.82, 2.24) is 4.90 Å². The van der Waals surface area contributed by atoms with Gasteiger partial charge in [-0.25, -0.2) is 4.90 Å². The molecule has 15 heavy (non-hydrogen) atoms. The molecule has 0 saturated carbocycles. The molecule has 0 aromatic rings. The van der Waals surface area contributed by atoms with Crippen LogP contribution in [0.15, 0.2) is 0 Å². The standard InChI is InChI=1S/C10H15NO4/c1-4-5-8-9(14)11(6(2)12)10(8)15-7(3)13/h8,10H,4-5H2,1-3H3. The first kappa shape index (κ1) is 11.7. The molecule has 5 heteroatoms. The summed E-state index contributed by atoms with van der Waals surface area (Å²) in [6.07, 6.45) is 0.771. The fourth-order valence-corrected chi connectivity index (χ4v) is 1.74. The number of likely N-dealkylation sites (tertiary alicyclic amines) is 1. The first-order valence-electron chi connectivity index (χ1n) is 4.99. The van der Waals surface area contributed by atoms with Crippen molar-refractivity contribution in [2.75, 3.05) is 0 Å². The van der Waals surface area contributed by atoms with Gasteiger partial charge in [-0.3, -0.25) is 14.4 Å². The van der Waals surface area contributed by atoms with Crippen molar-refractivity contribution in [3.8, 4) is 0 Å². The van der Waals surface area contributed by atoms with E-state index in [9.17, 15) is 14.4 Å². The van der Waals surface area contributed by atoms with Gasteiger partial charge in [-0.2, -0.15) is 0 Å². The monoisotopic (exact) mass is 213 g/mol. The highest BCUT2D eigenvalue weighted by atomic mass is 16.6. The Morgan fingerprint density at radius 1 is 1.40 bits per heavy atom. The highest BCUT2D eigenvalue weighted by molar-refractivity contribution is 6.01. The molecule has 0 spiro atoms. The number of nitrogens with zero attached hydrogens (tertiary/aromatic N) is 1. The second-order valence-electron chi connectivity index (χ2n) is 3.62. The number of hydrogen-bond acceptors (Lipinski definition) is 4. The van der Waals surface area contributed by atoms with Crippen molar-refractivity contribution in [3.63, 3.8) is 0 Å². The van der Waals surface area contributed by atoms with Crippen molar-refractivity contribution in [1.29, 1.82) is 0 Å². The Labute approximate surface area is 88.4 Å². The van der Waals surface area contributed by atoms with E-state index in [1.807, 2.05) is 6.92 Å². The second kappa shape index (κ2) is 4.42. The van der Waals surface area contributed by atoms with Crippen LogP contribution in [0.4, 0.5) is 0 Å². The zero-order valence-electron chi connectivity index (χ0n) is 9.15. The molecule has 0 aromatic carbocycles. The minimum absolute atomic E-state index is 0.240. The van der Waals surface area contributed by atoms with Crippen LogP contribution in [-0.4, -0.2) is 28.9 Å².